The SMILES string of the molecule is CC(=O)O[C@@H]1CC[C@@]2(C)[C@@H](CC[C@@H]3[C@H]2CC[C@]2(C)[C@@H]3CC[C@H]2C(C)(C)O)C1. The summed E-state index contributed by atoms with van der Waals surface area (Å²) in [5.41, 5.74) is 0.185. The van der Waals surface area contributed by atoms with E-state index in [1.54, 1.807) is 6.92 Å². The minimum Gasteiger partial charge on any atom is -0.463 e. The molecule has 0 aromatic carbocycles. The molecule has 4 fully saturated rings. The highest BCUT2D eigenvalue weighted by Gasteiger charge is 2.61. The molecule has 4 rings (SSSR count). The summed E-state index contributed by atoms with van der Waals surface area (Å²) < 4.78 is 5.59. The van der Waals surface area contributed by atoms with Crippen molar-refractivity contribution in [3.63, 3.8) is 0 Å². The van der Waals surface area contributed by atoms with Crippen molar-refractivity contribution in [1.82, 2.24) is 0 Å². The van der Waals surface area contributed by atoms with Crippen molar-refractivity contribution in [3.05, 3.63) is 0 Å². The summed E-state index contributed by atoms with van der Waals surface area (Å²) in [6, 6.07) is 0. The van der Waals surface area contributed by atoms with Gasteiger partial charge in [-0.1, -0.05) is 13.8 Å². The van der Waals surface area contributed by atoms with Crippen LogP contribution in [0.4, 0.5) is 0 Å². The first-order valence-corrected chi connectivity index (χ1v) is 11.5. The van der Waals surface area contributed by atoms with Gasteiger partial charge in [0.2, 0.25) is 0 Å². The normalized spacial score (nSPS) is 49.7. The van der Waals surface area contributed by atoms with E-state index in [0.717, 1.165) is 30.6 Å². The quantitative estimate of drug-likeness (QED) is 0.661. The molecule has 1 N–H and O–H groups in total. The molecule has 3 nitrogen and oxygen atoms in total. The van der Waals surface area contributed by atoms with E-state index in [1.807, 2.05) is 13.8 Å². The number of hydrogen-bond acceptors (Lipinski definition) is 3. The summed E-state index contributed by atoms with van der Waals surface area (Å²) in [6.07, 6.45) is 11.3. The van der Waals surface area contributed by atoms with Gasteiger partial charge in [-0.25, -0.2) is 0 Å². The van der Waals surface area contributed by atoms with Gasteiger partial charge in [0.05, 0.1) is 5.60 Å². The van der Waals surface area contributed by atoms with Crippen LogP contribution in [0.3, 0.4) is 0 Å². The minimum atomic E-state index is -0.556. The van der Waals surface area contributed by atoms with Crippen molar-refractivity contribution < 1.29 is 14.6 Å². The van der Waals surface area contributed by atoms with Crippen LogP contribution in [0.15, 0.2) is 0 Å². The summed E-state index contributed by atoms with van der Waals surface area (Å²) in [6.45, 7) is 10.7. The largest absolute Gasteiger partial charge is 0.463 e. The number of ether oxygens (including phenoxy) is 1. The van der Waals surface area contributed by atoms with Gasteiger partial charge in [0.1, 0.15) is 6.10 Å². The molecule has 0 aromatic rings. The standard InChI is InChI=1S/C24H40O3/c1-15(25)27-17-10-12-23(4)16(14-17)6-7-18-19-8-9-21(22(2,3)26)24(19,5)13-11-20(18)23/h16-21,26H,6-14H2,1-5H3/t16-,17+,18-,19+,20+,21-,23-,24+/m0/s1. The van der Waals surface area contributed by atoms with Crippen molar-refractivity contribution in [3.8, 4) is 0 Å². The van der Waals surface area contributed by atoms with Crippen LogP contribution in [0.5, 0.6) is 0 Å². The zero-order valence-electron chi connectivity index (χ0n) is 18.1. The van der Waals surface area contributed by atoms with E-state index in [0.29, 0.717) is 22.7 Å². The predicted molar refractivity (Wildman–Crippen MR) is 107 cm³/mol. The van der Waals surface area contributed by atoms with E-state index in [4.69, 9.17) is 4.74 Å². The molecular formula is C24H40O3. The van der Waals surface area contributed by atoms with E-state index in [1.165, 1.54) is 44.9 Å². The van der Waals surface area contributed by atoms with Gasteiger partial charge in [-0.15, -0.1) is 0 Å². The molecular weight excluding hydrogens is 336 g/mol. The number of hydrogen-bond donors (Lipinski definition) is 1. The molecule has 0 heterocycles. The van der Waals surface area contributed by atoms with Crippen molar-refractivity contribution in [2.24, 2.45) is 40.4 Å². The molecule has 0 unspecified atom stereocenters. The Morgan fingerprint density at radius 3 is 2.30 bits per heavy atom. The zero-order chi connectivity index (χ0) is 19.6. The average Bonchev–Trinajstić information content (AvgIpc) is 2.92. The van der Waals surface area contributed by atoms with Crippen molar-refractivity contribution >= 4 is 5.97 Å². The maximum atomic E-state index is 11.4. The second-order valence-electron chi connectivity index (χ2n) is 11.5. The zero-order valence-corrected chi connectivity index (χ0v) is 18.1. The van der Waals surface area contributed by atoms with Crippen LogP contribution in [0.1, 0.15) is 92.4 Å². The van der Waals surface area contributed by atoms with E-state index in [9.17, 15) is 9.90 Å². The summed E-state index contributed by atoms with van der Waals surface area (Å²) in [7, 11) is 0. The Labute approximate surface area is 165 Å². The molecule has 27 heavy (non-hydrogen) atoms. The third-order valence-electron chi connectivity index (χ3n) is 9.80. The van der Waals surface area contributed by atoms with Crippen molar-refractivity contribution in [2.45, 2.75) is 104 Å². The Bertz CT molecular complexity index is 593. The van der Waals surface area contributed by atoms with E-state index < -0.39 is 5.60 Å². The van der Waals surface area contributed by atoms with E-state index >= 15 is 0 Å². The molecule has 4 saturated carbocycles. The van der Waals surface area contributed by atoms with E-state index in [2.05, 4.69) is 13.8 Å². The van der Waals surface area contributed by atoms with Gasteiger partial charge in [-0.2, -0.15) is 0 Å². The predicted octanol–water partition coefficient (Wildman–Crippen LogP) is 5.35. The molecule has 0 amide bonds. The number of aliphatic hydroxyl groups is 1. The van der Waals surface area contributed by atoms with Gasteiger partial charge < -0.3 is 9.84 Å². The molecule has 0 radical (unpaired) electrons. The maximum Gasteiger partial charge on any atom is 0.302 e. The Morgan fingerprint density at radius 2 is 1.63 bits per heavy atom. The molecule has 4 aliphatic carbocycles. The highest BCUT2D eigenvalue weighted by molar-refractivity contribution is 5.66. The smallest absolute Gasteiger partial charge is 0.302 e. The lowest BCUT2D eigenvalue weighted by Crippen LogP contribution is -2.55. The third kappa shape index (κ3) is 3.07. The topological polar surface area (TPSA) is 46.5 Å². The number of carbonyl (C=O) groups is 1. The Balaban J connectivity index is 1.54. The van der Waals surface area contributed by atoms with Crippen molar-refractivity contribution in [2.75, 3.05) is 0 Å². The lowest BCUT2D eigenvalue weighted by molar-refractivity contribution is -0.163. The fourth-order valence-electron chi connectivity index (χ4n) is 8.72. The van der Waals surface area contributed by atoms with Gasteiger partial charge >= 0.3 is 5.97 Å². The highest BCUT2D eigenvalue weighted by atomic mass is 16.5. The highest BCUT2D eigenvalue weighted by Crippen LogP contribution is 2.68. The fraction of sp³-hybridized carbons (Fsp3) is 0.958. The second kappa shape index (κ2) is 6.47. The molecule has 4 aliphatic rings. The Kier molecular flexibility index (Phi) is 4.73. The van der Waals surface area contributed by atoms with Crippen LogP contribution in [0, 0.1) is 40.4 Å². The molecule has 0 spiro atoms. The van der Waals surface area contributed by atoms with Crippen LogP contribution in [-0.2, 0) is 9.53 Å². The summed E-state index contributed by atoms with van der Waals surface area (Å²) >= 11 is 0. The van der Waals surface area contributed by atoms with Gasteiger partial charge in [-0.05, 0) is 112 Å². The van der Waals surface area contributed by atoms with Crippen LogP contribution >= 0.6 is 0 Å². The van der Waals surface area contributed by atoms with Gasteiger partial charge in [0.15, 0.2) is 0 Å². The third-order valence-corrected chi connectivity index (χ3v) is 9.80. The molecule has 0 saturated heterocycles. The average molecular weight is 377 g/mol. The van der Waals surface area contributed by atoms with Crippen LogP contribution in [0.25, 0.3) is 0 Å². The molecule has 0 bridgehead atoms. The molecule has 0 aliphatic heterocycles. The van der Waals surface area contributed by atoms with Crippen molar-refractivity contribution in [1.29, 1.82) is 0 Å². The summed E-state index contributed by atoms with van der Waals surface area (Å²) in [5, 5.41) is 10.8. The van der Waals surface area contributed by atoms with Gasteiger partial charge in [0.25, 0.3) is 0 Å². The monoisotopic (exact) mass is 376 g/mol. The van der Waals surface area contributed by atoms with Crippen LogP contribution < -0.4 is 0 Å². The number of esters is 1. The first-order valence-electron chi connectivity index (χ1n) is 11.5. The second-order valence-corrected chi connectivity index (χ2v) is 11.5. The lowest BCUT2D eigenvalue weighted by atomic mass is 9.44. The summed E-state index contributed by atoms with van der Waals surface area (Å²) in [5.74, 6) is 3.50. The van der Waals surface area contributed by atoms with E-state index in [-0.39, 0.29) is 12.1 Å². The summed E-state index contributed by atoms with van der Waals surface area (Å²) in [4.78, 5) is 11.4. The number of carbonyl (C=O) groups excluding carboxylic acids is 1. The first-order chi connectivity index (χ1) is 12.6. The van der Waals surface area contributed by atoms with Crippen LogP contribution in [0.2, 0.25) is 0 Å². The van der Waals surface area contributed by atoms with Gasteiger partial charge in [0, 0.05) is 6.92 Å². The fourth-order valence-corrected chi connectivity index (χ4v) is 8.72. The molecule has 154 valence electrons. The Hall–Kier alpha value is -0.570. The molecule has 3 heteroatoms. The first kappa shape index (κ1) is 19.7. The van der Waals surface area contributed by atoms with Gasteiger partial charge in [-0.3, -0.25) is 4.79 Å². The minimum absolute atomic E-state index is 0.116. The molecule has 0 aromatic heterocycles. The molecule has 8 atom stereocenters. The number of fused-ring (bicyclic) bond motifs is 5. The maximum absolute atomic E-state index is 11.4. The van der Waals surface area contributed by atoms with Crippen LogP contribution in [-0.4, -0.2) is 22.8 Å². The Morgan fingerprint density at radius 1 is 0.963 bits per heavy atom. The number of rotatable bonds is 2. The lowest BCUT2D eigenvalue weighted by Gasteiger charge is -2.61.